The van der Waals surface area contributed by atoms with E-state index >= 15 is 0 Å². The van der Waals surface area contributed by atoms with Crippen LogP contribution in [-0.2, 0) is 9.53 Å². The minimum Gasteiger partial charge on any atom is -0.497 e. The van der Waals surface area contributed by atoms with E-state index in [-0.39, 0.29) is 24.4 Å². The highest BCUT2D eigenvalue weighted by atomic mass is 35.5. The predicted octanol–water partition coefficient (Wildman–Crippen LogP) is 3.76. The Morgan fingerprint density at radius 1 is 0.955 bits per heavy atom. The number of rotatable bonds is 5. The van der Waals surface area contributed by atoms with E-state index in [1.165, 1.54) is 7.11 Å². The zero-order chi connectivity index (χ0) is 15.2. The van der Waals surface area contributed by atoms with Crippen LogP contribution >= 0.6 is 12.4 Å². The van der Waals surface area contributed by atoms with Crippen molar-refractivity contribution >= 4 is 24.1 Å². The lowest BCUT2D eigenvalue weighted by Gasteiger charge is -2.13. The standard InChI is InChI=1S/C17H19NO3.ClH/c1-12(17(19)21-3)18-15-8-4-13(5-9-15)14-6-10-16(20-2)11-7-14;/h4-12,18H,1-3H3;1H/t12-;/m0./s1. The van der Waals surface area contributed by atoms with Gasteiger partial charge in [-0.3, -0.25) is 0 Å². The molecule has 0 aliphatic rings. The second-order valence-corrected chi connectivity index (χ2v) is 4.70. The molecule has 0 amide bonds. The molecule has 0 saturated heterocycles. The summed E-state index contributed by atoms with van der Waals surface area (Å²) in [7, 11) is 3.03. The van der Waals surface area contributed by atoms with Gasteiger partial charge in [0, 0.05) is 5.69 Å². The van der Waals surface area contributed by atoms with Gasteiger partial charge in [0.1, 0.15) is 11.8 Å². The van der Waals surface area contributed by atoms with E-state index in [1.807, 2.05) is 48.5 Å². The topological polar surface area (TPSA) is 47.6 Å². The number of ether oxygens (including phenoxy) is 2. The molecule has 1 atom stereocenters. The maximum absolute atomic E-state index is 11.4. The first kappa shape index (κ1) is 17.9. The first-order valence-corrected chi connectivity index (χ1v) is 6.73. The maximum Gasteiger partial charge on any atom is 0.327 e. The Morgan fingerprint density at radius 2 is 1.45 bits per heavy atom. The highest BCUT2D eigenvalue weighted by Crippen LogP contribution is 2.24. The van der Waals surface area contributed by atoms with Crippen LogP contribution in [0.15, 0.2) is 48.5 Å². The van der Waals surface area contributed by atoms with E-state index in [9.17, 15) is 4.79 Å². The van der Waals surface area contributed by atoms with Gasteiger partial charge in [-0.15, -0.1) is 12.4 Å². The van der Waals surface area contributed by atoms with Crippen LogP contribution in [0.5, 0.6) is 5.75 Å². The van der Waals surface area contributed by atoms with Crippen LogP contribution in [0, 0.1) is 0 Å². The number of methoxy groups -OCH3 is 2. The minimum absolute atomic E-state index is 0. The van der Waals surface area contributed by atoms with Gasteiger partial charge in [-0.05, 0) is 42.3 Å². The number of anilines is 1. The van der Waals surface area contributed by atoms with Crippen molar-refractivity contribution in [2.75, 3.05) is 19.5 Å². The van der Waals surface area contributed by atoms with Gasteiger partial charge in [0.15, 0.2) is 0 Å². The number of carbonyl (C=O) groups is 1. The molecule has 5 heteroatoms. The van der Waals surface area contributed by atoms with Crippen LogP contribution in [0.4, 0.5) is 5.69 Å². The Balaban J connectivity index is 0.00000242. The number of hydrogen-bond acceptors (Lipinski definition) is 4. The van der Waals surface area contributed by atoms with Gasteiger partial charge >= 0.3 is 5.97 Å². The van der Waals surface area contributed by atoms with Crippen molar-refractivity contribution in [1.29, 1.82) is 0 Å². The molecule has 0 heterocycles. The molecule has 0 bridgehead atoms. The summed E-state index contributed by atoms with van der Waals surface area (Å²) in [5.41, 5.74) is 3.10. The smallest absolute Gasteiger partial charge is 0.327 e. The molecule has 0 aliphatic carbocycles. The summed E-state index contributed by atoms with van der Waals surface area (Å²) in [5.74, 6) is 0.554. The van der Waals surface area contributed by atoms with Crippen LogP contribution in [-0.4, -0.2) is 26.2 Å². The lowest BCUT2D eigenvalue weighted by Crippen LogP contribution is -2.27. The number of hydrogen-bond donors (Lipinski definition) is 1. The fourth-order valence-corrected chi connectivity index (χ4v) is 2.03. The summed E-state index contributed by atoms with van der Waals surface area (Å²) in [6, 6.07) is 15.4. The molecular formula is C17H20ClNO3. The van der Waals surface area contributed by atoms with Gasteiger partial charge in [-0.2, -0.15) is 0 Å². The van der Waals surface area contributed by atoms with Crippen LogP contribution < -0.4 is 10.1 Å². The van der Waals surface area contributed by atoms with Crippen molar-refractivity contribution in [3.05, 3.63) is 48.5 Å². The van der Waals surface area contributed by atoms with Crippen LogP contribution in [0.2, 0.25) is 0 Å². The zero-order valence-corrected chi connectivity index (χ0v) is 13.6. The molecule has 2 rings (SSSR count). The lowest BCUT2D eigenvalue weighted by atomic mass is 10.1. The molecule has 0 aliphatic heterocycles. The molecule has 0 spiro atoms. The normalized spacial score (nSPS) is 11.0. The Kier molecular flexibility index (Phi) is 6.73. The van der Waals surface area contributed by atoms with Crippen molar-refractivity contribution in [1.82, 2.24) is 0 Å². The van der Waals surface area contributed by atoms with Crippen molar-refractivity contribution in [2.45, 2.75) is 13.0 Å². The molecule has 0 unspecified atom stereocenters. The number of halogens is 1. The molecule has 1 N–H and O–H groups in total. The van der Waals surface area contributed by atoms with Crippen molar-refractivity contribution in [3.63, 3.8) is 0 Å². The molecule has 2 aromatic rings. The number of nitrogens with one attached hydrogen (secondary N) is 1. The van der Waals surface area contributed by atoms with Crippen LogP contribution in [0.1, 0.15) is 6.92 Å². The van der Waals surface area contributed by atoms with Crippen molar-refractivity contribution < 1.29 is 14.3 Å². The second-order valence-electron chi connectivity index (χ2n) is 4.70. The minimum atomic E-state index is -0.373. The summed E-state index contributed by atoms with van der Waals surface area (Å²) in [5, 5.41) is 3.09. The van der Waals surface area contributed by atoms with Crippen molar-refractivity contribution in [3.8, 4) is 16.9 Å². The fraction of sp³-hybridized carbons (Fsp3) is 0.235. The molecule has 4 nitrogen and oxygen atoms in total. The summed E-state index contributed by atoms with van der Waals surface area (Å²) in [4.78, 5) is 11.4. The number of benzene rings is 2. The first-order chi connectivity index (χ1) is 10.1. The van der Waals surface area contributed by atoms with Crippen molar-refractivity contribution in [2.24, 2.45) is 0 Å². The highest BCUT2D eigenvalue weighted by Gasteiger charge is 2.12. The second kappa shape index (κ2) is 8.29. The first-order valence-electron chi connectivity index (χ1n) is 6.73. The molecule has 0 aromatic heterocycles. The Hall–Kier alpha value is -2.20. The van der Waals surface area contributed by atoms with Gasteiger partial charge in [0.25, 0.3) is 0 Å². The lowest BCUT2D eigenvalue weighted by molar-refractivity contribution is -0.141. The van der Waals surface area contributed by atoms with Crippen LogP contribution in [0.25, 0.3) is 11.1 Å². The van der Waals surface area contributed by atoms with E-state index in [2.05, 4.69) is 10.1 Å². The quantitative estimate of drug-likeness (QED) is 0.852. The van der Waals surface area contributed by atoms with E-state index in [4.69, 9.17) is 4.74 Å². The van der Waals surface area contributed by atoms with Gasteiger partial charge < -0.3 is 14.8 Å². The average molecular weight is 322 g/mol. The molecule has 118 valence electrons. The third kappa shape index (κ3) is 4.40. The summed E-state index contributed by atoms with van der Waals surface area (Å²) >= 11 is 0. The summed E-state index contributed by atoms with van der Waals surface area (Å²) < 4.78 is 9.83. The fourth-order valence-electron chi connectivity index (χ4n) is 2.03. The van der Waals surface area contributed by atoms with Gasteiger partial charge in [-0.1, -0.05) is 24.3 Å². The Bertz CT molecular complexity index is 596. The molecule has 22 heavy (non-hydrogen) atoms. The number of carbonyl (C=O) groups excluding carboxylic acids is 1. The average Bonchev–Trinajstić information content (AvgIpc) is 2.55. The largest absolute Gasteiger partial charge is 0.497 e. The van der Waals surface area contributed by atoms with Crippen LogP contribution in [0.3, 0.4) is 0 Å². The van der Waals surface area contributed by atoms with Gasteiger partial charge in [-0.25, -0.2) is 4.79 Å². The molecule has 0 saturated carbocycles. The molecule has 0 fully saturated rings. The molecular weight excluding hydrogens is 302 g/mol. The third-order valence-electron chi connectivity index (χ3n) is 3.25. The number of esters is 1. The monoisotopic (exact) mass is 321 g/mol. The Morgan fingerprint density at radius 3 is 1.91 bits per heavy atom. The maximum atomic E-state index is 11.4. The van der Waals surface area contributed by atoms with Gasteiger partial charge in [0.05, 0.1) is 14.2 Å². The summed E-state index contributed by atoms with van der Waals surface area (Å²) in [6.45, 7) is 1.77. The third-order valence-corrected chi connectivity index (χ3v) is 3.25. The van der Waals surface area contributed by atoms with E-state index in [0.29, 0.717) is 0 Å². The molecule has 0 radical (unpaired) electrons. The van der Waals surface area contributed by atoms with Gasteiger partial charge in [0.2, 0.25) is 0 Å². The van der Waals surface area contributed by atoms with E-state index in [1.54, 1.807) is 14.0 Å². The van der Waals surface area contributed by atoms with E-state index < -0.39 is 0 Å². The highest BCUT2D eigenvalue weighted by molar-refractivity contribution is 5.85. The SMILES string of the molecule is COC(=O)[C@H](C)Nc1ccc(-c2ccc(OC)cc2)cc1.Cl. The Labute approximate surface area is 136 Å². The summed E-state index contributed by atoms with van der Waals surface area (Å²) in [6.07, 6.45) is 0. The molecule has 2 aromatic carbocycles. The predicted molar refractivity (Wildman–Crippen MR) is 90.8 cm³/mol. The zero-order valence-electron chi connectivity index (χ0n) is 12.8. The van der Waals surface area contributed by atoms with E-state index in [0.717, 1.165) is 22.6 Å².